The molecule has 1 aliphatic rings. The predicted molar refractivity (Wildman–Crippen MR) is 160 cm³/mol. The molecule has 0 bridgehead atoms. The molecule has 1 saturated carbocycles. The van der Waals surface area contributed by atoms with Gasteiger partial charge in [-0.15, -0.1) is 0 Å². The molecule has 0 heterocycles. The van der Waals surface area contributed by atoms with Crippen LogP contribution in [-0.2, 0) is 25.6 Å². The maximum absolute atomic E-state index is 14.0. The zero-order chi connectivity index (χ0) is 30.5. The summed E-state index contributed by atoms with van der Waals surface area (Å²) in [6.45, 7) is 6.06. The molecule has 12 heteroatoms. The number of benzene rings is 1. The third-order valence-corrected chi connectivity index (χ3v) is 7.36. The van der Waals surface area contributed by atoms with E-state index in [4.69, 9.17) is 22.9 Å². The minimum absolute atomic E-state index is 0.0599. The molecule has 0 spiro atoms. The van der Waals surface area contributed by atoms with E-state index in [9.17, 15) is 19.2 Å². The van der Waals surface area contributed by atoms with Crippen LogP contribution in [0.1, 0.15) is 71.3 Å². The third-order valence-electron chi connectivity index (χ3n) is 7.36. The Kier molecular flexibility index (Phi) is 13.4. The minimum Gasteiger partial charge on any atom is -0.399 e. The molecule has 1 aromatic carbocycles. The fraction of sp³-hybridized carbons (Fsp3) is 0.621. The van der Waals surface area contributed by atoms with Gasteiger partial charge in [0, 0.05) is 32.1 Å². The number of amides is 4. The second-order valence-corrected chi connectivity index (χ2v) is 11.3. The van der Waals surface area contributed by atoms with E-state index < -0.39 is 35.8 Å². The monoisotopic (exact) mass is 572 g/mol. The molecule has 0 saturated heterocycles. The molecule has 4 amide bonds. The Bertz CT molecular complexity index is 1050. The molecule has 1 aliphatic carbocycles. The van der Waals surface area contributed by atoms with Gasteiger partial charge < -0.3 is 38.5 Å². The summed E-state index contributed by atoms with van der Waals surface area (Å²) in [6.07, 6.45) is 5.37. The molecular formula is C29H48N8O4. The van der Waals surface area contributed by atoms with E-state index in [2.05, 4.69) is 15.6 Å². The van der Waals surface area contributed by atoms with Gasteiger partial charge in [0.05, 0.1) is 0 Å². The molecule has 12 nitrogen and oxygen atoms in total. The summed E-state index contributed by atoms with van der Waals surface area (Å²) in [6, 6.07) is 4.48. The number of nitrogen functional groups attached to an aromatic ring is 1. The third kappa shape index (κ3) is 11.3. The van der Waals surface area contributed by atoms with Crippen molar-refractivity contribution in [2.45, 2.75) is 90.3 Å². The van der Waals surface area contributed by atoms with Crippen LogP contribution in [0.4, 0.5) is 5.69 Å². The fourth-order valence-electron chi connectivity index (χ4n) is 5.26. The average Bonchev–Trinajstić information content (AvgIpc) is 2.91. The van der Waals surface area contributed by atoms with Gasteiger partial charge in [0.2, 0.25) is 23.6 Å². The highest BCUT2D eigenvalue weighted by atomic mass is 16.2. The van der Waals surface area contributed by atoms with Crippen molar-refractivity contribution in [2.24, 2.45) is 34.0 Å². The first-order valence-electron chi connectivity index (χ1n) is 14.5. The van der Waals surface area contributed by atoms with Gasteiger partial charge in [0.25, 0.3) is 0 Å². The summed E-state index contributed by atoms with van der Waals surface area (Å²) in [5, 5.41) is 5.73. The van der Waals surface area contributed by atoms with Crippen LogP contribution in [-0.4, -0.2) is 65.7 Å². The topological polar surface area (TPSA) is 212 Å². The lowest BCUT2D eigenvalue weighted by Crippen LogP contribution is -2.59. The van der Waals surface area contributed by atoms with Gasteiger partial charge in [0.15, 0.2) is 5.96 Å². The quantitative estimate of drug-likeness (QED) is 0.0768. The molecule has 0 unspecified atom stereocenters. The standard InChI is InChI=1S/C29H48N8O4/c1-18(2)17-37(19(3)38)24(16-20-11-13-22(30)14-12-20)27(40)36-25(21-8-5-4-6-9-21)28(41)35-23(26(31)39)10-7-15-34-29(32)33/h11-14,18,21,23-25H,4-10,15-17,30H2,1-3H3,(H2,31,39)(H,35,41)(H,36,40)(H4,32,33,34)/t23-,24-,25-/m0/s1. The van der Waals surface area contributed by atoms with E-state index in [1.807, 2.05) is 26.0 Å². The maximum atomic E-state index is 14.0. The van der Waals surface area contributed by atoms with Crippen molar-refractivity contribution in [3.63, 3.8) is 0 Å². The van der Waals surface area contributed by atoms with Crippen LogP contribution in [0.15, 0.2) is 29.3 Å². The lowest BCUT2D eigenvalue weighted by atomic mass is 9.83. The van der Waals surface area contributed by atoms with Crippen molar-refractivity contribution in [1.29, 1.82) is 0 Å². The molecule has 1 aromatic rings. The first kappa shape index (κ1) is 33.4. The van der Waals surface area contributed by atoms with E-state index >= 15 is 0 Å². The van der Waals surface area contributed by atoms with Crippen LogP contribution < -0.4 is 33.6 Å². The fourth-order valence-corrected chi connectivity index (χ4v) is 5.26. The van der Waals surface area contributed by atoms with Gasteiger partial charge in [-0.1, -0.05) is 45.2 Å². The maximum Gasteiger partial charge on any atom is 0.243 e. The minimum atomic E-state index is -0.945. The van der Waals surface area contributed by atoms with Gasteiger partial charge in [-0.25, -0.2) is 0 Å². The summed E-state index contributed by atoms with van der Waals surface area (Å²) in [4.78, 5) is 58.0. The number of carbonyl (C=O) groups excluding carboxylic acids is 4. The van der Waals surface area contributed by atoms with Crippen LogP contribution in [0.2, 0.25) is 0 Å². The largest absolute Gasteiger partial charge is 0.399 e. The van der Waals surface area contributed by atoms with Gasteiger partial charge >= 0.3 is 0 Å². The molecule has 10 N–H and O–H groups in total. The smallest absolute Gasteiger partial charge is 0.243 e. The molecule has 41 heavy (non-hydrogen) atoms. The van der Waals surface area contributed by atoms with Crippen molar-refractivity contribution in [1.82, 2.24) is 15.5 Å². The Hall–Kier alpha value is -3.83. The average molecular weight is 573 g/mol. The van der Waals surface area contributed by atoms with E-state index in [-0.39, 0.29) is 43.1 Å². The molecule has 1 fully saturated rings. The summed E-state index contributed by atoms with van der Waals surface area (Å²) < 4.78 is 0. The van der Waals surface area contributed by atoms with Gasteiger partial charge in [-0.05, 0) is 55.2 Å². The number of anilines is 1. The van der Waals surface area contributed by atoms with E-state index in [1.54, 1.807) is 17.0 Å². The number of guanidine groups is 1. The van der Waals surface area contributed by atoms with E-state index in [0.717, 1.165) is 37.7 Å². The zero-order valence-electron chi connectivity index (χ0n) is 24.6. The Morgan fingerprint density at radius 2 is 1.61 bits per heavy atom. The number of aliphatic imine (C=N–C) groups is 1. The Morgan fingerprint density at radius 3 is 2.15 bits per heavy atom. The second kappa shape index (κ2) is 16.4. The Morgan fingerprint density at radius 1 is 0.976 bits per heavy atom. The van der Waals surface area contributed by atoms with Crippen LogP contribution in [0.3, 0.4) is 0 Å². The highest BCUT2D eigenvalue weighted by Gasteiger charge is 2.36. The summed E-state index contributed by atoms with van der Waals surface area (Å²) in [5.41, 5.74) is 23.6. The number of carbonyl (C=O) groups is 4. The van der Waals surface area contributed by atoms with Gasteiger partial charge in [0.1, 0.15) is 18.1 Å². The van der Waals surface area contributed by atoms with Crippen molar-refractivity contribution < 1.29 is 19.2 Å². The number of nitrogens with one attached hydrogen (secondary N) is 2. The van der Waals surface area contributed by atoms with Gasteiger partial charge in [-0.3, -0.25) is 24.2 Å². The first-order valence-corrected chi connectivity index (χ1v) is 14.5. The molecular weight excluding hydrogens is 524 g/mol. The number of nitrogens with zero attached hydrogens (tertiary/aromatic N) is 2. The SMILES string of the molecule is CC(=O)N(CC(C)C)[C@@H](Cc1ccc(N)cc1)C(=O)N[C@H](C(=O)N[C@@H](CCCN=C(N)N)C(N)=O)C1CCCCC1. The summed E-state index contributed by atoms with van der Waals surface area (Å²) in [7, 11) is 0. The zero-order valence-corrected chi connectivity index (χ0v) is 24.6. The molecule has 2 rings (SSSR count). The van der Waals surface area contributed by atoms with Gasteiger partial charge in [-0.2, -0.15) is 0 Å². The van der Waals surface area contributed by atoms with Crippen LogP contribution >= 0.6 is 0 Å². The van der Waals surface area contributed by atoms with E-state index in [0.29, 0.717) is 18.7 Å². The highest BCUT2D eigenvalue weighted by Crippen LogP contribution is 2.27. The van der Waals surface area contributed by atoms with Crippen LogP contribution in [0, 0.1) is 11.8 Å². The Balaban J connectivity index is 2.32. The number of nitrogens with two attached hydrogens (primary N) is 4. The molecule has 0 radical (unpaired) electrons. The summed E-state index contributed by atoms with van der Waals surface area (Å²) >= 11 is 0. The number of hydrogen-bond donors (Lipinski definition) is 6. The number of rotatable bonds is 15. The molecule has 0 aromatic heterocycles. The van der Waals surface area contributed by atoms with Crippen LogP contribution in [0.25, 0.3) is 0 Å². The molecule has 228 valence electrons. The Labute approximate surface area is 243 Å². The lowest BCUT2D eigenvalue weighted by molar-refractivity contribution is -0.141. The molecule has 3 atom stereocenters. The number of primary amides is 1. The van der Waals surface area contributed by atoms with Crippen molar-refractivity contribution in [3.05, 3.63) is 29.8 Å². The van der Waals surface area contributed by atoms with E-state index in [1.165, 1.54) is 6.92 Å². The van der Waals surface area contributed by atoms with Crippen molar-refractivity contribution >= 4 is 35.3 Å². The number of hydrogen-bond acceptors (Lipinski definition) is 6. The predicted octanol–water partition coefficient (Wildman–Crippen LogP) is 0.773. The second-order valence-electron chi connectivity index (χ2n) is 11.3. The molecule has 0 aliphatic heterocycles. The van der Waals surface area contributed by atoms with Crippen molar-refractivity contribution in [2.75, 3.05) is 18.8 Å². The van der Waals surface area contributed by atoms with Crippen molar-refractivity contribution in [3.8, 4) is 0 Å². The first-order chi connectivity index (χ1) is 19.4. The van der Waals surface area contributed by atoms with Crippen LogP contribution in [0.5, 0.6) is 0 Å². The normalized spacial score (nSPS) is 15.8. The highest BCUT2D eigenvalue weighted by molar-refractivity contribution is 5.94. The summed E-state index contributed by atoms with van der Waals surface area (Å²) in [5.74, 6) is -1.87. The lowest BCUT2D eigenvalue weighted by Gasteiger charge is -2.35.